The monoisotopic (exact) mass is 295 g/mol. The lowest BCUT2D eigenvalue weighted by molar-refractivity contribution is -0.385. The number of carboxylic acid groups (broad SMARTS) is 1. The molecule has 1 aromatic heterocycles. The number of carbonyl (C=O) groups is 1. The molecule has 2 rings (SSSR count). The molecule has 1 N–H and O–H groups in total. The maximum absolute atomic E-state index is 10.7. The van der Waals surface area contributed by atoms with Gasteiger partial charge in [-0.1, -0.05) is 0 Å². The molecule has 0 radical (unpaired) electrons. The van der Waals surface area contributed by atoms with Crippen LogP contribution in [0.4, 0.5) is 5.69 Å². The Hall–Kier alpha value is -2.49. The van der Waals surface area contributed by atoms with Crippen molar-refractivity contribution in [3.63, 3.8) is 0 Å². The maximum atomic E-state index is 10.7. The summed E-state index contributed by atoms with van der Waals surface area (Å²) in [5.74, 6) is -1.06. The lowest BCUT2D eigenvalue weighted by Crippen LogP contribution is -2.11. The van der Waals surface area contributed by atoms with Gasteiger partial charge in [0.15, 0.2) is 0 Å². The zero-order chi connectivity index (χ0) is 14.7. The summed E-state index contributed by atoms with van der Waals surface area (Å²) in [4.78, 5) is 21.6. The molecule has 0 aliphatic rings. The summed E-state index contributed by atoms with van der Waals surface area (Å²) >= 11 is 1.14. The van der Waals surface area contributed by atoms with Crippen LogP contribution >= 0.6 is 11.8 Å². The molecule has 0 aliphatic heterocycles. The van der Waals surface area contributed by atoms with E-state index in [0.29, 0.717) is 15.6 Å². The number of nitro groups is 1. The van der Waals surface area contributed by atoms with Crippen molar-refractivity contribution in [1.29, 1.82) is 0 Å². The predicted molar refractivity (Wildman–Crippen MR) is 67.4 cm³/mol. The number of hydrogen-bond donors (Lipinski definition) is 1. The third-order valence-electron chi connectivity index (χ3n) is 2.36. The third-order valence-corrected chi connectivity index (χ3v) is 3.32. The second kappa shape index (κ2) is 5.65. The van der Waals surface area contributed by atoms with E-state index >= 15 is 0 Å². The van der Waals surface area contributed by atoms with E-state index in [0.717, 1.165) is 16.4 Å². The van der Waals surface area contributed by atoms with Crippen LogP contribution in [0.15, 0.2) is 28.3 Å². The second-order valence-corrected chi connectivity index (χ2v) is 4.86. The topological polar surface area (TPSA) is 124 Å². The van der Waals surface area contributed by atoms with Crippen molar-refractivity contribution in [2.75, 3.05) is 0 Å². The fourth-order valence-corrected chi connectivity index (χ4v) is 2.36. The summed E-state index contributed by atoms with van der Waals surface area (Å²) in [6.07, 6.45) is 0. The normalized spacial score (nSPS) is 10.4. The molecule has 0 bridgehead atoms. The van der Waals surface area contributed by atoms with E-state index in [1.807, 2.05) is 0 Å². The van der Waals surface area contributed by atoms with Crippen LogP contribution in [0.1, 0.15) is 5.56 Å². The lowest BCUT2D eigenvalue weighted by Gasteiger charge is -2.03. The summed E-state index contributed by atoms with van der Waals surface area (Å²) in [5, 5.41) is 30.4. The van der Waals surface area contributed by atoms with Crippen LogP contribution in [-0.2, 0) is 11.3 Å². The molecular formula is C10H9N5O4S. The highest BCUT2D eigenvalue weighted by Gasteiger charge is 2.14. The molecule has 20 heavy (non-hydrogen) atoms. The Morgan fingerprint density at radius 1 is 1.55 bits per heavy atom. The number of aromatic nitrogens is 4. The van der Waals surface area contributed by atoms with Crippen molar-refractivity contribution in [2.45, 2.75) is 23.5 Å². The number of nitrogens with zero attached hydrogens (tertiary/aromatic N) is 5. The quantitative estimate of drug-likeness (QED) is 0.642. The molecule has 0 unspecified atom stereocenters. The average molecular weight is 295 g/mol. The van der Waals surface area contributed by atoms with Crippen molar-refractivity contribution in [3.8, 4) is 0 Å². The van der Waals surface area contributed by atoms with Gasteiger partial charge in [0.2, 0.25) is 5.16 Å². The van der Waals surface area contributed by atoms with Gasteiger partial charge in [-0.2, -0.15) is 0 Å². The lowest BCUT2D eigenvalue weighted by atomic mass is 10.2. The minimum Gasteiger partial charge on any atom is -0.480 e. The highest BCUT2D eigenvalue weighted by atomic mass is 32.2. The van der Waals surface area contributed by atoms with Crippen molar-refractivity contribution in [1.82, 2.24) is 20.2 Å². The fourth-order valence-electron chi connectivity index (χ4n) is 1.50. The van der Waals surface area contributed by atoms with Gasteiger partial charge >= 0.3 is 5.97 Å². The van der Waals surface area contributed by atoms with E-state index in [1.165, 1.54) is 6.07 Å². The molecule has 9 nitrogen and oxygen atoms in total. The SMILES string of the molecule is Cc1cc(Sc2nnnn2CC(=O)O)ccc1[N+](=O)[O-]. The molecule has 0 atom stereocenters. The van der Waals surface area contributed by atoms with Crippen molar-refractivity contribution >= 4 is 23.4 Å². The number of hydrogen-bond acceptors (Lipinski definition) is 7. The van der Waals surface area contributed by atoms with E-state index in [9.17, 15) is 14.9 Å². The van der Waals surface area contributed by atoms with Gasteiger partial charge < -0.3 is 5.11 Å². The minimum atomic E-state index is -1.06. The van der Waals surface area contributed by atoms with Crippen molar-refractivity contribution in [3.05, 3.63) is 33.9 Å². The molecule has 0 saturated heterocycles. The van der Waals surface area contributed by atoms with Crippen LogP contribution in [0.5, 0.6) is 0 Å². The Bertz CT molecular complexity index is 671. The first-order valence-corrected chi connectivity index (χ1v) is 6.20. The summed E-state index contributed by atoms with van der Waals surface area (Å²) < 4.78 is 1.14. The number of benzene rings is 1. The second-order valence-electron chi connectivity index (χ2n) is 3.82. The summed E-state index contributed by atoms with van der Waals surface area (Å²) in [7, 11) is 0. The molecule has 1 aromatic carbocycles. The van der Waals surface area contributed by atoms with Gasteiger partial charge in [-0.25, -0.2) is 4.68 Å². The van der Waals surface area contributed by atoms with Crippen LogP contribution < -0.4 is 0 Å². The molecule has 104 valence electrons. The standard InChI is InChI=1S/C10H9N5O4S/c1-6-4-7(2-3-8(6)15(18)19)20-10-11-12-13-14(10)5-9(16)17/h2-4H,5H2,1H3,(H,16,17). The molecule has 0 saturated carbocycles. The van der Waals surface area contributed by atoms with E-state index in [-0.39, 0.29) is 12.2 Å². The van der Waals surface area contributed by atoms with Gasteiger partial charge in [0.25, 0.3) is 5.69 Å². The van der Waals surface area contributed by atoms with Crippen molar-refractivity contribution < 1.29 is 14.8 Å². The Morgan fingerprint density at radius 3 is 2.90 bits per heavy atom. The minimum absolute atomic E-state index is 0.0273. The number of rotatable bonds is 5. The molecule has 2 aromatic rings. The van der Waals surface area contributed by atoms with Gasteiger partial charge in [0.05, 0.1) is 4.92 Å². The van der Waals surface area contributed by atoms with Gasteiger partial charge in [-0.15, -0.1) is 5.10 Å². The van der Waals surface area contributed by atoms with Crippen molar-refractivity contribution in [2.24, 2.45) is 0 Å². The third kappa shape index (κ3) is 3.09. The largest absolute Gasteiger partial charge is 0.480 e. The Kier molecular flexibility index (Phi) is 3.94. The maximum Gasteiger partial charge on any atom is 0.325 e. The number of nitro benzene ring substituents is 1. The molecule has 0 fully saturated rings. The van der Waals surface area contributed by atoms with E-state index < -0.39 is 10.9 Å². The van der Waals surface area contributed by atoms with Crippen LogP contribution in [-0.4, -0.2) is 36.2 Å². The number of tetrazole rings is 1. The smallest absolute Gasteiger partial charge is 0.325 e. The van der Waals surface area contributed by atoms with Gasteiger partial charge in [0, 0.05) is 16.5 Å². The summed E-state index contributed by atoms with van der Waals surface area (Å²) in [6.45, 7) is 1.28. The molecule has 0 amide bonds. The predicted octanol–water partition coefficient (Wildman–Crippen LogP) is 1.13. The first-order chi connectivity index (χ1) is 9.47. The molecule has 0 aliphatic carbocycles. The Morgan fingerprint density at radius 2 is 2.30 bits per heavy atom. The summed E-state index contributed by atoms with van der Waals surface area (Å²) in [5.41, 5.74) is 0.539. The molecular weight excluding hydrogens is 286 g/mol. The van der Waals surface area contributed by atoms with Crippen LogP contribution in [0.25, 0.3) is 0 Å². The first kappa shape index (κ1) is 13.9. The molecule has 0 spiro atoms. The number of carboxylic acids is 1. The molecule has 10 heteroatoms. The Balaban J connectivity index is 2.22. The number of aliphatic carboxylic acids is 1. The van der Waals surface area contributed by atoms with Gasteiger partial charge in [0.1, 0.15) is 6.54 Å². The van der Waals surface area contributed by atoms with Gasteiger partial charge in [-0.05, 0) is 41.2 Å². The summed E-state index contributed by atoms with van der Waals surface area (Å²) in [6, 6.07) is 4.58. The van der Waals surface area contributed by atoms with E-state index in [2.05, 4.69) is 15.5 Å². The zero-order valence-electron chi connectivity index (χ0n) is 10.3. The van der Waals surface area contributed by atoms with Crippen LogP contribution in [0.3, 0.4) is 0 Å². The van der Waals surface area contributed by atoms with E-state index in [4.69, 9.17) is 5.11 Å². The highest BCUT2D eigenvalue weighted by Crippen LogP contribution is 2.29. The fraction of sp³-hybridized carbons (Fsp3) is 0.200. The van der Waals surface area contributed by atoms with Crippen LogP contribution in [0, 0.1) is 17.0 Å². The van der Waals surface area contributed by atoms with Crippen LogP contribution in [0.2, 0.25) is 0 Å². The molecule has 1 heterocycles. The first-order valence-electron chi connectivity index (χ1n) is 5.38. The zero-order valence-corrected chi connectivity index (χ0v) is 11.1. The highest BCUT2D eigenvalue weighted by molar-refractivity contribution is 7.99. The van der Waals surface area contributed by atoms with Gasteiger partial charge in [-0.3, -0.25) is 14.9 Å². The average Bonchev–Trinajstić information content (AvgIpc) is 2.75. The Labute approximate surface area is 116 Å². The van der Waals surface area contributed by atoms with E-state index in [1.54, 1.807) is 19.1 Å². The number of aryl methyl sites for hydroxylation is 1.